The van der Waals surface area contributed by atoms with Gasteiger partial charge in [0.15, 0.2) is 0 Å². The van der Waals surface area contributed by atoms with Gasteiger partial charge in [-0.3, -0.25) is 0 Å². The van der Waals surface area contributed by atoms with E-state index in [1.165, 1.54) is 4.31 Å². The normalized spacial score (nSPS) is 18.2. The lowest BCUT2D eigenvalue weighted by Crippen LogP contribution is -2.40. The van der Waals surface area contributed by atoms with Gasteiger partial charge in [0.05, 0.1) is 12.1 Å². The molecule has 9 nitrogen and oxygen atoms in total. The Hall–Kier alpha value is -3.34. The predicted octanol–water partition coefficient (Wildman–Crippen LogP) is 4.69. The van der Waals surface area contributed by atoms with E-state index in [9.17, 15) is 8.42 Å². The molecule has 2 N–H and O–H groups in total. The van der Waals surface area contributed by atoms with E-state index >= 15 is 0 Å². The van der Waals surface area contributed by atoms with Gasteiger partial charge in [0.1, 0.15) is 16.5 Å². The standard InChI is InChI=1S/C30H38N6O3S/c1-7-23-18-35(40(37,38)26-10-9-15-32-29(26)39-23)17-22-16-21(12-11-19(22)3)27(30(5,6)31)24-13-14-25-28(20(24)4)33-34-36(25)8-2/h9-16,23,27H,7-8,17-18,31H2,1-6H3/t23?,27-/m0/s1. The van der Waals surface area contributed by atoms with Gasteiger partial charge >= 0.3 is 0 Å². The van der Waals surface area contributed by atoms with Crippen molar-refractivity contribution in [1.82, 2.24) is 24.3 Å². The highest BCUT2D eigenvalue weighted by atomic mass is 32.2. The third-order valence-electron chi connectivity index (χ3n) is 7.89. The van der Waals surface area contributed by atoms with Crippen molar-refractivity contribution in [2.45, 2.75) is 83.5 Å². The fourth-order valence-electron chi connectivity index (χ4n) is 5.65. The van der Waals surface area contributed by atoms with Crippen molar-refractivity contribution in [3.63, 3.8) is 0 Å². The highest BCUT2D eigenvalue weighted by Crippen LogP contribution is 2.38. The van der Waals surface area contributed by atoms with Crippen LogP contribution in [0, 0.1) is 13.8 Å². The van der Waals surface area contributed by atoms with Crippen molar-refractivity contribution < 1.29 is 13.2 Å². The Morgan fingerprint density at radius 1 is 1.15 bits per heavy atom. The number of aryl methyl sites for hydroxylation is 3. The van der Waals surface area contributed by atoms with Crippen LogP contribution >= 0.6 is 0 Å². The monoisotopic (exact) mass is 562 g/mol. The molecule has 1 unspecified atom stereocenters. The molecule has 0 bridgehead atoms. The molecule has 10 heteroatoms. The maximum atomic E-state index is 13.8. The molecule has 0 fully saturated rings. The van der Waals surface area contributed by atoms with Crippen LogP contribution in [0.1, 0.15) is 67.9 Å². The molecule has 4 aromatic rings. The zero-order valence-electron chi connectivity index (χ0n) is 24.0. The van der Waals surface area contributed by atoms with Crippen LogP contribution in [0.4, 0.5) is 0 Å². The molecule has 212 valence electrons. The van der Waals surface area contributed by atoms with E-state index in [0.29, 0.717) is 6.42 Å². The fourth-order valence-corrected chi connectivity index (χ4v) is 7.17. The first-order valence-electron chi connectivity index (χ1n) is 13.8. The fraction of sp³-hybridized carbons (Fsp3) is 0.433. The number of pyridine rings is 1. The highest BCUT2D eigenvalue weighted by Gasteiger charge is 2.36. The number of nitrogens with two attached hydrogens (primary N) is 1. The van der Waals surface area contributed by atoms with Crippen LogP contribution in [0.25, 0.3) is 11.0 Å². The zero-order chi connectivity index (χ0) is 28.8. The van der Waals surface area contributed by atoms with Crippen LogP contribution in [0.5, 0.6) is 5.88 Å². The Morgan fingerprint density at radius 2 is 1.93 bits per heavy atom. The summed E-state index contributed by atoms with van der Waals surface area (Å²) in [5.74, 6) is 0.0126. The Kier molecular flexibility index (Phi) is 7.45. The second-order valence-electron chi connectivity index (χ2n) is 11.2. The maximum Gasteiger partial charge on any atom is 0.248 e. The van der Waals surface area contributed by atoms with Gasteiger partial charge in [-0.1, -0.05) is 36.4 Å². The quantitative estimate of drug-likeness (QED) is 0.347. The van der Waals surface area contributed by atoms with Crippen LogP contribution in [0.2, 0.25) is 0 Å². The van der Waals surface area contributed by atoms with Gasteiger partial charge in [0.25, 0.3) is 0 Å². The van der Waals surface area contributed by atoms with Crippen molar-refractivity contribution in [2.24, 2.45) is 5.73 Å². The third kappa shape index (κ3) is 5.00. The van der Waals surface area contributed by atoms with Crippen molar-refractivity contribution >= 4 is 21.1 Å². The van der Waals surface area contributed by atoms with Crippen molar-refractivity contribution in [1.29, 1.82) is 0 Å². The maximum absolute atomic E-state index is 13.8. The Balaban J connectivity index is 1.58. The number of rotatable bonds is 7. The van der Waals surface area contributed by atoms with Crippen molar-refractivity contribution in [3.05, 3.63) is 76.5 Å². The molecule has 2 aromatic carbocycles. The average Bonchev–Trinajstić information content (AvgIpc) is 3.30. The van der Waals surface area contributed by atoms with E-state index in [-0.39, 0.29) is 35.9 Å². The minimum Gasteiger partial charge on any atom is -0.472 e. The zero-order valence-corrected chi connectivity index (χ0v) is 24.9. The molecule has 5 rings (SSSR count). The van der Waals surface area contributed by atoms with Crippen LogP contribution in [-0.2, 0) is 23.1 Å². The summed E-state index contributed by atoms with van der Waals surface area (Å²) in [6.07, 6.45) is 1.92. The highest BCUT2D eigenvalue weighted by molar-refractivity contribution is 7.89. The smallest absolute Gasteiger partial charge is 0.248 e. The molecule has 0 saturated heterocycles. The molecule has 1 aliphatic rings. The Bertz CT molecular complexity index is 1660. The first kappa shape index (κ1) is 28.2. The number of benzene rings is 2. The Labute approximate surface area is 236 Å². The number of nitrogens with zero attached hydrogens (tertiary/aromatic N) is 5. The average molecular weight is 563 g/mol. The molecule has 0 spiro atoms. The van der Waals surface area contributed by atoms with E-state index in [1.807, 2.05) is 39.3 Å². The summed E-state index contributed by atoms with van der Waals surface area (Å²) in [5, 5.41) is 8.77. The molecule has 3 heterocycles. The topological polar surface area (TPSA) is 116 Å². The number of ether oxygens (including phenoxy) is 1. The van der Waals surface area contributed by atoms with Gasteiger partial charge in [-0.15, -0.1) is 5.10 Å². The first-order chi connectivity index (χ1) is 19.0. The number of sulfonamides is 1. The van der Waals surface area contributed by atoms with E-state index in [4.69, 9.17) is 10.5 Å². The minimum absolute atomic E-state index is 0.102. The number of hydrogen-bond acceptors (Lipinski definition) is 7. The van der Waals surface area contributed by atoms with Gasteiger partial charge in [-0.25, -0.2) is 18.1 Å². The minimum atomic E-state index is -3.82. The summed E-state index contributed by atoms with van der Waals surface area (Å²) in [4.78, 5) is 4.32. The van der Waals surface area contributed by atoms with Gasteiger partial charge in [-0.05, 0) is 87.1 Å². The lowest BCUT2D eigenvalue weighted by atomic mass is 9.75. The van der Waals surface area contributed by atoms with Crippen molar-refractivity contribution in [2.75, 3.05) is 6.54 Å². The van der Waals surface area contributed by atoms with Gasteiger partial charge < -0.3 is 10.5 Å². The van der Waals surface area contributed by atoms with E-state index in [0.717, 1.165) is 45.4 Å². The van der Waals surface area contributed by atoms with E-state index < -0.39 is 15.6 Å². The van der Waals surface area contributed by atoms with Crippen LogP contribution < -0.4 is 10.5 Å². The van der Waals surface area contributed by atoms with Gasteiger partial charge in [0.2, 0.25) is 15.9 Å². The lowest BCUT2D eigenvalue weighted by molar-refractivity contribution is 0.162. The molecular weight excluding hydrogens is 524 g/mol. The third-order valence-corrected chi connectivity index (χ3v) is 9.71. The van der Waals surface area contributed by atoms with E-state index in [2.05, 4.69) is 52.6 Å². The molecule has 0 saturated carbocycles. The largest absolute Gasteiger partial charge is 0.472 e. The second kappa shape index (κ2) is 10.6. The van der Waals surface area contributed by atoms with Crippen LogP contribution in [0.3, 0.4) is 0 Å². The van der Waals surface area contributed by atoms with E-state index in [1.54, 1.807) is 18.3 Å². The second-order valence-corrected chi connectivity index (χ2v) is 13.2. The molecule has 0 radical (unpaired) electrons. The predicted molar refractivity (Wildman–Crippen MR) is 156 cm³/mol. The SMILES string of the molecule is CCC1CN(Cc2cc([C@@H](c3ccc4c(nnn4CC)c3C)C(C)(C)N)ccc2C)S(=O)(=O)c2cccnc2O1. The number of aromatic nitrogens is 4. The van der Waals surface area contributed by atoms with Crippen LogP contribution in [0.15, 0.2) is 53.6 Å². The summed E-state index contributed by atoms with van der Waals surface area (Å²) in [6.45, 7) is 13.4. The van der Waals surface area contributed by atoms with Crippen LogP contribution in [-0.4, -0.2) is 50.9 Å². The summed E-state index contributed by atoms with van der Waals surface area (Å²) in [5.41, 5.74) is 13.2. The number of hydrogen-bond donors (Lipinski definition) is 1. The molecule has 2 aromatic heterocycles. The van der Waals surface area contributed by atoms with Crippen molar-refractivity contribution in [3.8, 4) is 5.88 Å². The van der Waals surface area contributed by atoms with Gasteiger partial charge in [-0.2, -0.15) is 4.31 Å². The first-order valence-corrected chi connectivity index (χ1v) is 15.2. The molecule has 2 atom stereocenters. The molecule has 0 aliphatic carbocycles. The molecule has 1 aliphatic heterocycles. The molecule has 40 heavy (non-hydrogen) atoms. The summed E-state index contributed by atoms with van der Waals surface area (Å²) < 4.78 is 36.9. The van der Waals surface area contributed by atoms with Gasteiger partial charge in [0, 0.05) is 30.7 Å². The summed E-state index contributed by atoms with van der Waals surface area (Å²) in [6, 6.07) is 13.6. The molecule has 0 amide bonds. The molecular formula is C30H38N6O3S. The lowest BCUT2D eigenvalue weighted by Gasteiger charge is -2.33. The summed E-state index contributed by atoms with van der Waals surface area (Å²) in [7, 11) is -3.82. The summed E-state index contributed by atoms with van der Waals surface area (Å²) >= 11 is 0. The Morgan fingerprint density at radius 3 is 2.62 bits per heavy atom. The number of fused-ring (bicyclic) bond motifs is 2.